The molecule has 0 spiro atoms. The van der Waals surface area contributed by atoms with Gasteiger partial charge in [0.2, 0.25) is 0 Å². The summed E-state index contributed by atoms with van der Waals surface area (Å²) in [6.07, 6.45) is 6.71. The molecule has 0 bridgehead atoms. The Morgan fingerprint density at radius 2 is 1.47 bits per heavy atom. The number of hydrogen-bond acceptors (Lipinski definition) is 0. The molecule has 0 saturated carbocycles. The minimum absolute atomic E-state index is 0. The van der Waals surface area contributed by atoms with E-state index in [1.807, 2.05) is 12.1 Å². The molecule has 2 aliphatic rings. The van der Waals surface area contributed by atoms with E-state index in [2.05, 4.69) is 107 Å². The maximum absolute atomic E-state index is 3.39. The molecule has 0 radical (unpaired) electrons. The van der Waals surface area contributed by atoms with Gasteiger partial charge in [0.05, 0.1) is 0 Å². The molecule has 0 aliphatic heterocycles. The van der Waals surface area contributed by atoms with Crippen molar-refractivity contribution in [3.05, 3.63) is 113 Å². The minimum atomic E-state index is 0. The van der Waals surface area contributed by atoms with Crippen LogP contribution in [-0.2, 0) is 30.7 Å². The number of benzene rings is 3. The summed E-state index contributed by atoms with van der Waals surface area (Å²) in [4.78, 5) is 0. The number of halogens is 2. The van der Waals surface area contributed by atoms with Crippen LogP contribution in [0.1, 0.15) is 44.4 Å². The van der Waals surface area contributed by atoms with Gasteiger partial charge in [0.1, 0.15) is 0 Å². The third-order valence-electron chi connectivity index (χ3n) is 4.97. The fourth-order valence-electron chi connectivity index (χ4n) is 3.76. The first-order chi connectivity index (χ1) is 14.5. The molecule has 32 heavy (non-hydrogen) atoms. The van der Waals surface area contributed by atoms with Crippen LogP contribution in [0.4, 0.5) is 0 Å². The standard InChI is InChI=1S/C13H9.C13H13.C3H6.2ClH.Zr/c1-3-7-12-10(5-1)9-11-6-2-4-8-13(11)12;1-10-8-11(2)13(9-10)12-6-4-3-5-7-12;1-3-2;;;/h1-5,7-8H,9H2;3-7,9-10H,1-2H3;1-2H3;2*1H;/q2*-1;;;;+2/p-2. The van der Waals surface area contributed by atoms with E-state index in [0.717, 1.165) is 6.42 Å². The van der Waals surface area contributed by atoms with Crippen molar-refractivity contribution in [2.45, 2.75) is 34.1 Å². The average Bonchev–Trinajstić information content (AvgIpc) is 3.28. The second-order valence-corrected chi connectivity index (χ2v) is 10.4. The zero-order valence-corrected chi connectivity index (χ0v) is 23.0. The molecule has 3 aromatic carbocycles. The molecule has 1 unspecified atom stereocenters. The maximum atomic E-state index is 3.39. The Hall–Kier alpha value is -1.53. The van der Waals surface area contributed by atoms with Crippen LogP contribution in [0.25, 0.3) is 16.7 Å². The van der Waals surface area contributed by atoms with E-state index >= 15 is 0 Å². The Morgan fingerprint density at radius 1 is 0.875 bits per heavy atom. The molecule has 0 heterocycles. The fraction of sp³-hybridized carbons (Fsp3) is 0.207. The normalized spacial score (nSPS) is 14.5. The fourth-order valence-corrected chi connectivity index (χ4v) is 3.76. The van der Waals surface area contributed by atoms with Crippen molar-refractivity contribution < 1.29 is 49.0 Å². The van der Waals surface area contributed by atoms with Crippen molar-refractivity contribution in [3.8, 4) is 11.1 Å². The quantitative estimate of drug-likeness (QED) is 0.321. The molecule has 3 aromatic rings. The summed E-state index contributed by atoms with van der Waals surface area (Å²) in [5.74, 6) is 0.468. The van der Waals surface area contributed by atoms with E-state index in [1.54, 1.807) is 24.2 Å². The van der Waals surface area contributed by atoms with Gasteiger partial charge in [-0.2, -0.15) is 41.5 Å². The molecule has 2 aliphatic carbocycles. The molecule has 164 valence electrons. The summed E-state index contributed by atoms with van der Waals surface area (Å²) in [6, 6.07) is 28.6. The predicted octanol–water partition coefficient (Wildman–Crippen LogP) is 1.28. The van der Waals surface area contributed by atoms with Gasteiger partial charge in [-0.15, -0.1) is 11.1 Å². The Morgan fingerprint density at radius 3 is 2.09 bits per heavy atom. The second-order valence-electron chi connectivity index (χ2n) is 7.90. The number of rotatable bonds is 1. The smallest absolute Gasteiger partial charge is 0.0253 e. The third kappa shape index (κ3) is 7.81. The molecular formula is C29H28Cl2Zr-2. The molecule has 0 aromatic heterocycles. The van der Waals surface area contributed by atoms with Crippen LogP contribution in [-0.4, -0.2) is 3.21 Å². The number of allylic oxidation sites excluding steroid dienone is 4. The molecule has 0 N–H and O–H groups in total. The van der Waals surface area contributed by atoms with Gasteiger partial charge in [-0.05, 0) is 6.42 Å². The van der Waals surface area contributed by atoms with Crippen molar-refractivity contribution >= 4 is 8.78 Å². The van der Waals surface area contributed by atoms with E-state index in [-0.39, 0.29) is 24.8 Å². The molecule has 0 nitrogen and oxygen atoms in total. The summed E-state index contributed by atoms with van der Waals surface area (Å²) in [5.41, 5.74) is 9.43. The molecular weight excluding hydrogens is 510 g/mol. The molecule has 0 saturated heterocycles. The summed E-state index contributed by atoms with van der Waals surface area (Å²) in [5, 5.41) is 0. The Bertz CT molecular complexity index is 1030. The SMILES string of the molecule is CC1=[C-]C(C)C=C1c1ccccc1.C[C](C)=[Zr+2].[Cl-].[Cl-].[c-]1cccc2c1Cc1ccccc1-2. The number of fused-ring (bicyclic) bond motifs is 3. The molecule has 3 heteroatoms. The maximum Gasteiger partial charge on any atom is -0.0253 e. The second kappa shape index (κ2) is 13.9. The van der Waals surface area contributed by atoms with Crippen molar-refractivity contribution in [1.82, 2.24) is 0 Å². The van der Waals surface area contributed by atoms with Crippen LogP contribution in [0.15, 0.2) is 84.4 Å². The first-order valence-corrected chi connectivity index (χ1v) is 11.7. The van der Waals surface area contributed by atoms with E-state index in [0.29, 0.717) is 5.92 Å². The van der Waals surface area contributed by atoms with Crippen LogP contribution >= 0.6 is 0 Å². The molecule has 5 rings (SSSR count). The van der Waals surface area contributed by atoms with Crippen LogP contribution in [0.2, 0.25) is 0 Å². The van der Waals surface area contributed by atoms with Gasteiger partial charge in [0.15, 0.2) is 0 Å². The third-order valence-corrected chi connectivity index (χ3v) is 4.97. The first-order valence-electron chi connectivity index (χ1n) is 10.4. The van der Waals surface area contributed by atoms with Gasteiger partial charge < -0.3 is 24.8 Å². The zero-order chi connectivity index (χ0) is 21.5. The van der Waals surface area contributed by atoms with E-state index in [4.69, 9.17) is 0 Å². The van der Waals surface area contributed by atoms with Gasteiger partial charge in [-0.1, -0.05) is 85.5 Å². The van der Waals surface area contributed by atoms with Crippen LogP contribution in [0.3, 0.4) is 0 Å². The van der Waals surface area contributed by atoms with E-state index in [9.17, 15) is 0 Å². The number of hydrogen-bond donors (Lipinski definition) is 0. The first kappa shape index (κ1) is 28.5. The van der Waals surface area contributed by atoms with Gasteiger partial charge >= 0.3 is 41.3 Å². The predicted molar refractivity (Wildman–Crippen MR) is 126 cm³/mol. The van der Waals surface area contributed by atoms with Crippen molar-refractivity contribution in [2.24, 2.45) is 5.92 Å². The topological polar surface area (TPSA) is 0 Å². The van der Waals surface area contributed by atoms with E-state index < -0.39 is 0 Å². The van der Waals surface area contributed by atoms with Gasteiger partial charge in [-0.3, -0.25) is 6.08 Å². The molecule has 0 amide bonds. The van der Waals surface area contributed by atoms with Crippen LogP contribution in [0.5, 0.6) is 0 Å². The Kier molecular flexibility index (Phi) is 12.4. The van der Waals surface area contributed by atoms with Crippen LogP contribution in [0, 0.1) is 18.1 Å². The Balaban J connectivity index is 0.000000261. The summed E-state index contributed by atoms with van der Waals surface area (Å²) in [7, 11) is 0. The average molecular weight is 539 g/mol. The van der Waals surface area contributed by atoms with Crippen molar-refractivity contribution in [2.75, 3.05) is 0 Å². The van der Waals surface area contributed by atoms with E-state index in [1.165, 1.54) is 42.2 Å². The van der Waals surface area contributed by atoms with Crippen LogP contribution < -0.4 is 24.8 Å². The van der Waals surface area contributed by atoms with Gasteiger partial charge in [0, 0.05) is 0 Å². The van der Waals surface area contributed by atoms with Crippen molar-refractivity contribution in [1.29, 1.82) is 0 Å². The summed E-state index contributed by atoms with van der Waals surface area (Å²) >= 11 is 1.55. The van der Waals surface area contributed by atoms with Gasteiger partial charge in [0.25, 0.3) is 0 Å². The minimum Gasteiger partial charge on any atom is -1.00 e. The van der Waals surface area contributed by atoms with Gasteiger partial charge in [-0.25, -0.2) is 5.57 Å². The summed E-state index contributed by atoms with van der Waals surface area (Å²) in [6.45, 7) is 8.54. The molecule has 1 atom stereocenters. The Labute approximate surface area is 221 Å². The zero-order valence-electron chi connectivity index (χ0n) is 19.0. The monoisotopic (exact) mass is 536 g/mol. The van der Waals surface area contributed by atoms with Crippen molar-refractivity contribution in [3.63, 3.8) is 0 Å². The summed E-state index contributed by atoms with van der Waals surface area (Å²) < 4.78 is 1.51. The molecule has 0 fully saturated rings. The largest absolute Gasteiger partial charge is 1.00 e.